The molecular formula is C17H27N5OS. The van der Waals surface area contributed by atoms with E-state index in [4.69, 9.17) is 0 Å². The lowest BCUT2D eigenvalue weighted by Gasteiger charge is -2.40. The lowest BCUT2D eigenvalue weighted by atomic mass is 10.0. The summed E-state index contributed by atoms with van der Waals surface area (Å²) in [6.45, 7) is 8.37. The van der Waals surface area contributed by atoms with Crippen LogP contribution < -0.4 is 5.32 Å². The van der Waals surface area contributed by atoms with Crippen LogP contribution in [0.5, 0.6) is 0 Å². The quantitative estimate of drug-likeness (QED) is 0.902. The zero-order valence-corrected chi connectivity index (χ0v) is 15.4. The molecule has 1 N–H and O–H groups in total. The molecule has 24 heavy (non-hydrogen) atoms. The predicted octanol–water partition coefficient (Wildman–Crippen LogP) is 1.82. The fourth-order valence-electron chi connectivity index (χ4n) is 3.52. The third-order valence-electron chi connectivity index (χ3n) is 4.74. The van der Waals surface area contributed by atoms with Crippen LogP contribution in [0, 0.1) is 13.8 Å². The first-order valence-electron chi connectivity index (χ1n) is 8.77. The van der Waals surface area contributed by atoms with Gasteiger partial charge >= 0.3 is 6.03 Å². The molecule has 1 aromatic rings. The van der Waals surface area contributed by atoms with Gasteiger partial charge in [0.05, 0.1) is 6.54 Å². The van der Waals surface area contributed by atoms with Crippen molar-refractivity contribution in [2.45, 2.75) is 39.3 Å². The van der Waals surface area contributed by atoms with Gasteiger partial charge in [0.15, 0.2) is 0 Å². The number of piperidine rings is 1. The molecule has 2 aliphatic heterocycles. The number of aromatic nitrogens is 2. The molecule has 2 amide bonds. The molecule has 0 atom stereocenters. The first kappa shape index (κ1) is 17.5. The summed E-state index contributed by atoms with van der Waals surface area (Å²) in [6.07, 6.45) is 2.16. The molecule has 0 unspecified atom stereocenters. The maximum absolute atomic E-state index is 12.4. The van der Waals surface area contributed by atoms with Gasteiger partial charge in [-0.3, -0.25) is 4.90 Å². The molecule has 6 nitrogen and oxygen atoms in total. The Balaban J connectivity index is 1.44. The van der Waals surface area contributed by atoms with E-state index in [0.717, 1.165) is 37.3 Å². The summed E-state index contributed by atoms with van der Waals surface area (Å²) in [7, 11) is 0. The van der Waals surface area contributed by atoms with Crippen molar-refractivity contribution >= 4 is 17.8 Å². The average Bonchev–Trinajstić information content (AvgIpc) is 2.60. The lowest BCUT2D eigenvalue weighted by molar-refractivity contribution is 0.124. The van der Waals surface area contributed by atoms with Crippen LogP contribution in [0.3, 0.4) is 0 Å². The number of nitrogens with zero attached hydrogens (tertiary/aromatic N) is 4. The Labute approximate surface area is 148 Å². The third kappa shape index (κ3) is 4.60. The van der Waals surface area contributed by atoms with Gasteiger partial charge in [-0.05, 0) is 32.8 Å². The van der Waals surface area contributed by atoms with Crippen molar-refractivity contribution in [3.05, 3.63) is 23.3 Å². The van der Waals surface area contributed by atoms with E-state index >= 15 is 0 Å². The maximum atomic E-state index is 12.4. The molecule has 132 valence electrons. The molecule has 0 aliphatic carbocycles. The Morgan fingerprint density at radius 3 is 2.42 bits per heavy atom. The van der Waals surface area contributed by atoms with E-state index in [1.54, 1.807) is 0 Å². The summed E-state index contributed by atoms with van der Waals surface area (Å²) in [5, 5.41) is 2.96. The molecule has 0 aromatic carbocycles. The number of nitrogens with one attached hydrogen (secondary N) is 1. The molecule has 7 heteroatoms. The van der Waals surface area contributed by atoms with Gasteiger partial charge in [0.2, 0.25) is 0 Å². The van der Waals surface area contributed by atoms with E-state index in [1.807, 2.05) is 36.6 Å². The molecule has 1 aromatic heterocycles. The molecule has 0 saturated carbocycles. The van der Waals surface area contributed by atoms with Crippen molar-refractivity contribution < 1.29 is 4.79 Å². The Bertz CT molecular complexity index is 548. The van der Waals surface area contributed by atoms with E-state index in [1.165, 1.54) is 24.6 Å². The summed E-state index contributed by atoms with van der Waals surface area (Å²) >= 11 is 2.05. The van der Waals surface area contributed by atoms with Gasteiger partial charge in [-0.2, -0.15) is 11.8 Å². The zero-order chi connectivity index (χ0) is 16.9. The molecule has 2 fully saturated rings. The minimum absolute atomic E-state index is 0.00501. The van der Waals surface area contributed by atoms with Crippen molar-refractivity contribution in [3.63, 3.8) is 0 Å². The molecule has 3 rings (SSSR count). The van der Waals surface area contributed by atoms with Crippen molar-refractivity contribution in [3.8, 4) is 0 Å². The number of thioether (sulfide) groups is 1. The first-order valence-corrected chi connectivity index (χ1v) is 9.93. The van der Waals surface area contributed by atoms with E-state index < -0.39 is 0 Å². The number of urea groups is 1. The van der Waals surface area contributed by atoms with Crippen LogP contribution in [0.1, 0.15) is 30.1 Å². The molecule has 2 saturated heterocycles. The van der Waals surface area contributed by atoms with Gasteiger partial charge in [-0.15, -0.1) is 0 Å². The Morgan fingerprint density at radius 2 is 1.79 bits per heavy atom. The van der Waals surface area contributed by atoms with E-state index in [9.17, 15) is 4.79 Å². The van der Waals surface area contributed by atoms with Gasteiger partial charge in [0.1, 0.15) is 5.82 Å². The fourth-order valence-corrected chi connectivity index (χ4v) is 4.45. The van der Waals surface area contributed by atoms with Crippen LogP contribution in [0.25, 0.3) is 0 Å². The van der Waals surface area contributed by atoms with Gasteiger partial charge < -0.3 is 10.2 Å². The molecule has 0 bridgehead atoms. The third-order valence-corrected chi connectivity index (χ3v) is 5.68. The molecular weight excluding hydrogens is 322 g/mol. The highest BCUT2D eigenvalue weighted by atomic mass is 32.2. The van der Waals surface area contributed by atoms with Crippen molar-refractivity contribution in [2.75, 3.05) is 37.7 Å². The van der Waals surface area contributed by atoms with Crippen LogP contribution >= 0.6 is 11.8 Å². The number of likely N-dealkylation sites (tertiary alicyclic amines) is 1. The number of rotatable bonds is 3. The highest BCUT2D eigenvalue weighted by Gasteiger charge is 2.27. The van der Waals surface area contributed by atoms with Crippen molar-refractivity contribution in [1.82, 2.24) is 25.1 Å². The van der Waals surface area contributed by atoms with E-state index in [2.05, 4.69) is 20.2 Å². The van der Waals surface area contributed by atoms with Crippen LogP contribution in [0.2, 0.25) is 0 Å². The second-order valence-corrected chi connectivity index (χ2v) is 7.82. The second kappa shape index (κ2) is 8.16. The monoisotopic (exact) mass is 349 g/mol. The molecule has 3 heterocycles. The normalized spacial score (nSPS) is 20.2. The van der Waals surface area contributed by atoms with Crippen molar-refractivity contribution in [1.29, 1.82) is 0 Å². The Morgan fingerprint density at radius 1 is 1.17 bits per heavy atom. The highest BCUT2D eigenvalue weighted by Crippen LogP contribution is 2.20. The van der Waals surface area contributed by atoms with E-state index in [-0.39, 0.29) is 6.03 Å². The number of carbonyl (C=O) groups is 1. The topological polar surface area (TPSA) is 61.4 Å². The highest BCUT2D eigenvalue weighted by molar-refractivity contribution is 7.99. The largest absolute Gasteiger partial charge is 0.331 e. The average molecular weight is 350 g/mol. The first-order chi connectivity index (χ1) is 11.6. The molecule has 2 aliphatic rings. The van der Waals surface area contributed by atoms with Crippen LogP contribution in [0.15, 0.2) is 6.07 Å². The van der Waals surface area contributed by atoms with Crippen LogP contribution in [-0.4, -0.2) is 69.5 Å². The summed E-state index contributed by atoms with van der Waals surface area (Å²) in [4.78, 5) is 25.6. The summed E-state index contributed by atoms with van der Waals surface area (Å²) in [5.41, 5.74) is 1.87. The zero-order valence-electron chi connectivity index (χ0n) is 14.6. The number of carbonyl (C=O) groups excluding carboxylic acids is 1. The Kier molecular flexibility index (Phi) is 5.94. The number of hydrogen-bond donors (Lipinski definition) is 1. The van der Waals surface area contributed by atoms with Gasteiger partial charge in [-0.1, -0.05) is 0 Å². The summed E-state index contributed by atoms with van der Waals surface area (Å²) in [6, 6.07) is 2.60. The Hall–Kier alpha value is -1.34. The number of amides is 2. The minimum atomic E-state index is 0.00501. The maximum Gasteiger partial charge on any atom is 0.317 e. The van der Waals surface area contributed by atoms with E-state index in [0.29, 0.717) is 18.4 Å². The minimum Gasteiger partial charge on any atom is -0.331 e. The van der Waals surface area contributed by atoms with Crippen LogP contribution in [0.4, 0.5) is 4.79 Å². The molecule has 0 spiro atoms. The standard InChI is InChI=1S/C17H27N5OS/c1-13-11-14(2)20-16(19-13)12-18-17(23)22-5-3-15(4-6-22)21-7-9-24-10-8-21/h11,15H,3-10,12H2,1-2H3,(H,18,23). The summed E-state index contributed by atoms with van der Waals surface area (Å²) < 4.78 is 0. The SMILES string of the molecule is Cc1cc(C)nc(CNC(=O)N2CCC(N3CCSCC3)CC2)n1. The predicted molar refractivity (Wildman–Crippen MR) is 97.2 cm³/mol. The van der Waals surface area contributed by atoms with Crippen LogP contribution in [-0.2, 0) is 6.54 Å². The van der Waals surface area contributed by atoms with Gasteiger partial charge in [0.25, 0.3) is 0 Å². The van der Waals surface area contributed by atoms with Gasteiger partial charge in [0, 0.05) is 55.1 Å². The fraction of sp³-hybridized carbons (Fsp3) is 0.706. The number of hydrogen-bond acceptors (Lipinski definition) is 5. The smallest absolute Gasteiger partial charge is 0.317 e. The summed E-state index contributed by atoms with van der Waals surface area (Å²) in [5.74, 6) is 3.18. The van der Waals surface area contributed by atoms with Gasteiger partial charge in [-0.25, -0.2) is 14.8 Å². The second-order valence-electron chi connectivity index (χ2n) is 6.59. The van der Waals surface area contributed by atoms with Crippen molar-refractivity contribution in [2.24, 2.45) is 0 Å². The number of aryl methyl sites for hydroxylation is 2. The lowest BCUT2D eigenvalue weighted by Crippen LogP contribution is -2.51. The molecule has 0 radical (unpaired) electrons.